The van der Waals surface area contributed by atoms with Gasteiger partial charge in [-0.3, -0.25) is 4.57 Å². The summed E-state index contributed by atoms with van der Waals surface area (Å²) >= 11 is 0. The molecule has 9 heteroatoms. The summed E-state index contributed by atoms with van der Waals surface area (Å²) in [6, 6.07) is 1.66. The zero-order chi connectivity index (χ0) is 12.5. The zero-order valence-corrected chi connectivity index (χ0v) is 9.79. The third kappa shape index (κ3) is 2.15. The van der Waals surface area contributed by atoms with E-state index in [2.05, 4.69) is 20.4 Å². The molecule has 0 radical (unpaired) electrons. The molecule has 0 saturated carbocycles. The third-order valence-electron chi connectivity index (χ3n) is 2.13. The first-order chi connectivity index (χ1) is 8.04. The van der Waals surface area contributed by atoms with Gasteiger partial charge in [0.1, 0.15) is 0 Å². The van der Waals surface area contributed by atoms with Crippen molar-refractivity contribution in [2.75, 3.05) is 0 Å². The van der Waals surface area contributed by atoms with E-state index in [0.29, 0.717) is 17.9 Å². The predicted octanol–water partition coefficient (Wildman–Crippen LogP) is -0.598. The van der Waals surface area contributed by atoms with Crippen molar-refractivity contribution in [2.45, 2.75) is 18.6 Å². The minimum atomic E-state index is -3.88. The molecular weight excluding hydrogens is 244 g/mol. The van der Waals surface area contributed by atoms with Gasteiger partial charge in [-0.25, -0.2) is 13.6 Å². The van der Waals surface area contributed by atoms with Gasteiger partial charge in [-0.15, -0.1) is 10.2 Å². The molecule has 90 valence electrons. The summed E-state index contributed by atoms with van der Waals surface area (Å²) in [5.41, 5.74) is 0.629. The Labute approximate surface area is 97.6 Å². The number of hydrogen-bond donors (Lipinski definition) is 1. The Bertz CT molecular complexity index is 621. The second kappa shape index (κ2) is 4.18. The summed E-state index contributed by atoms with van der Waals surface area (Å²) < 4.78 is 24.0. The normalized spacial score (nSPS) is 11.6. The lowest BCUT2D eigenvalue weighted by atomic mass is 10.3. The average Bonchev–Trinajstić information content (AvgIpc) is 2.73. The Morgan fingerprint density at radius 3 is 2.65 bits per heavy atom. The van der Waals surface area contributed by atoms with Crippen LogP contribution in [0.2, 0.25) is 0 Å². The summed E-state index contributed by atoms with van der Waals surface area (Å²) in [6.45, 7) is 2.16. The SMILES string of the molecule is CCn1c(-c2ccnnc2)nnc1S(N)(=O)=O. The lowest BCUT2D eigenvalue weighted by Gasteiger charge is -2.04. The van der Waals surface area contributed by atoms with Crippen LogP contribution < -0.4 is 5.14 Å². The van der Waals surface area contributed by atoms with Crippen molar-refractivity contribution in [1.29, 1.82) is 0 Å². The van der Waals surface area contributed by atoms with Gasteiger partial charge in [-0.05, 0) is 13.0 Å². The smallest absolute Gasteiger partial charge is 0.273 e. The van der Waals surface area contributed by atoms with E-state index >= 15 is 0 Å². The molecule has 0 aliphatic rings. The molecule has 0 amide bonds. The molecule has 0 unspecified atom stereocenters. The Balaban J connectivity index is 2.62. The molecule has 0 aliphatic heterocycles. The van der Waals surface area contributed by atoms with Crippen molar-refractivity contribution in [2.24, 2.45) is 5.14 Å². The Hall–Kier alpha value is -1.87. The summed E-state index contributed by atoms with van der Waals surface area (Å²) in [5, 5.41) is 19.5. The molecule has 8 nitrogen and oxygen atoms in total. The molecule has 0 saturated heterocycles. The first-order valence-corrected chi connectivity index (χ1v) is 6.31. The number of sulfonamides is 1. The van der Waals surface area contributed by atoms with E-state index in [1.807, 2.05) is 0 Å². The molecule has 0 spiro atoms. The van der Waals surface area contributed by atoms with Crippen LogP contribution >= 0.6 is 0 Å². The Kier molecular flexibility index (Phi) is 2.86. The maximum Gasteiger partial charge on any atom is 0.273 e. The van der Waals surface area contributed by atoms with Crippen LogP contribution in [0.3, 0.4) is 0 Å². The minimum Gasteiger partial charge on any atom is -0.297 e. The Morgan fingerprint density at radius 2 is 2.12 bits per heavy atom. The van der Waals surface area contributed by atoms with Crippen LogP contribution in [0, 0.1) is 0 Å². The van der Waals surface area contributed by atoms with Gasteiger partial charge in [0.25, 0.3) is 15.2 Å². The summed E-state index contributed by atoms with van der Waals surface area (Å²) in [6.07, 6.45) is 2.96. The highest BCUT2D eigenvalue weighted by Crippen LogP contribution is 2.18. The highest BCUT2D eigenvalue weighted by Gasteiger charge is 2.20. The van der Waals surface area contributed by atoms with Gasteiger partial charge in [0, 0.05) is 12.1 Å². The van der Waals surface area contributed by atoms with Crippen molar-refractivity contribution >= 4 is 10.0 Å². The maximum atomic E-state index is 11.3. The van der Waals surface area contributed by atoms with E-state index in [0.717, 1.165) is 0 Å². The van der Waals surface area contributed by atoms with E-state index in [9.17, 15) is 8.42 Å². The fourth-order valence-corrected chi connectivity index (χ4v) is 2.10. The van der Waals surface area contributed by atoms with Gasteiger partial charge < -0.3 is 0 Å². The second-order valence-corrected chi connectivity index (χ2v) is 4.68. The van der Waals surface area contributed by atoms with Crippen LogP contribution in [0.25, 0.3) is 11.4 Å². The first kappa shape index (κ1) is 11.6. The van der Waals surface area contributed by atoms with E-state index in [1.165, 1.54) is 17.0 Å². The number of primary sulfonamides is 1. The highest BCUT2D eigenvalue weighted by molar-refractivity contribution is 7.89. The standard InChI is InChI=1S/C8H10N6O2S/c1-2-14-7(6-3-4-10-11-5-6)12-13-8(14)17(9,15)16/h3-5H,2H2,1H3,(H2,9,15,16). The van der Waals surface area contributed by atoms with Gasteiger partial charge in [0.15, 0.2) is 5.82 Å². The average molecular weight is 254 g/mol. The van der Waals surface area contributed by atoms with Crippen LogP contribution in [-0.4, -0.2) is 33.4 Å². The number of rotatable bonds is 3. The monoisotopic (exact) mass is 254 g/mol. The van der Waals surface area contributed by atoms with Gasteiger partial charge in [-0.1, -0.05) is 0 Å². The van der Waals surface area contributed by atoms with Gasteiger partial charge >= 0.3 is 0 Å². The summed E-state index contributed by atoms with van der Waals surface area (Å²) in [5.74, 6) is 0.395. The van der Waals surface area contributed by atoms with Crippen LogP contribution in [0.5, 0.6) is 0 Å². The molecule has 0 aliphatic carbocycles. The summed E-state index contributed by atoms with van der Waals surface area (Å²) in [4.78, 5) is 0. The van der Waals surface area contributed by atoms with Crippen molar-refractivity contribution in [3.63, 3.8) is 0 Å². The highest BCUT2D eigenvalue weighted by atomic mass is 32.2. The molecule has 2 heterocycles. The Morgan fingerprint density at radius 1 is 1.35 bits per heavy atom. The molecule has 2 rings (SSSR count). The maximum absolute atomic E-state index is 11.3. The lowest BCUT2D eigenvalue weighted by molar-refractivity contribution is 0.571. The molecule has 0 atom stereocenters. The fraction of sp³-hybridized carbons (Fsp3) is 0.250. The molecular formula is C8H10N6O2S. The lowest BCUT2D eigenvalue weighted by Crippen LogP contribution is -2.18. The van der Waals surface area contributed by atoms with E-state index < -0.39 is 10.0 Å². The molecule has 2 N–H and O–H groups in total. The molecule has 0 aromatic carbocycles. The molecule has 0 fully saturated rings. The van der Waals surface area contributed by atoms with Crippen LogP contribution in [0.15, 0.2) is 23.6 Å². The number of hydrogen-bond acceptors (Lipinski definition) is 6. The zero-order valence-electron chi connectivity index (χ0n) is 8.98. The molecule has 17 heavy (non-hydrogen) atoms. The van der Waals surface area contributed by atoms with Crippen molar-refractivity contribution in [3.05, 3.63) is 18.5 Å². The third-order valence-corrected chi connectivity index (χ3v) is 2.94. The molecule has 2 aromatic rings. The quantitative estimate of drug-likeness (QED) is 0.781. The second-order valence-electron chi connectivity index (χ2n) is 3.23. The van der Waals surface area contributed by atoms with E-state index in [-0.39, 0.29) is 5.16 Å². The van der Waals surface area contributed by atoms with Crippen LogP contribution in [0.4, 0.5) is 0 Å². The van der Waals surface area contributed by atoms with Crippen LogP contribution in [-0.2, 0) is 16.6 Å². The summed E-state index contributed by atoms with van der Waals surface area (Å²) in [7, 11) is -3.88. The topological polar surface area (TPSA) is 117 Å². The predicted molar refractivity (Wildman–Crippen MR) is 58.1 cm³/mol. The number of nitrogens with two attached hydrogens (primary N) is 1. The van der Waals surface area contributed by atoms with Gasteiger partial charge in [-0.2, -0.15) is 10.2 Å². The first-order valence-electron chi connectivity index (χ1n) is 4.77. The van der Waals surface area contributed by atoms with Crippen molar-refractivity contribution < 1.29 is 8.42 Å². The van der Waals surface area contributed by atoms with Crippen LogP contribution in [0.1, 0.15) is 6.92 Å². The minimum absolute atomic E-state index is 0.258. The number of aromatic nitrogens is 5. The van der Waals surface area contributed by atoms with E-state index in [1.54, 1.807) is 13.0 Å². The largest absolute Gasteiger partial charge is 0.297 e. The fourth-order valence-electron chi connectivity index (χ4n) is 1.42. The van der Waals surface area contributed by atoms with Crippen molar-refractivity contribution in [1.82, 2.24) is 25.0 Å². The molecule has 2 aromatic heterocycles. The molecule has 0 bridgehead atoms. The van der Waals surface area contributed by atoms with Gasteiger partial charge in [0.2, 0.25) is 0 Å². The van der Waals surface area contributed by atoms with Gasteiger partial charge in [0.05, 0.1) is 12.4 Å². The number of nitrogens with zero attached hydrogens (tertiary/aromatic N) is 5. The van der Waals surface area contributed by atoms with Crippen molar-refractivity contribution in [3.8, 4) is 11.4 Å². The van der Waals surface area contributed by atoms with E-state index in [4.69, 9.17) is 5.14 Å².